The van der Waals surface area contributed by atoms with Crippen molar-refractivity contribution in [3.8, 4) is 5.75 Å². The number of hydrogen-bond acceptors (Lipinski definition) is 4. The lowest BCUT2D eigenvalue weighted by molar-refractivity contribution is 0.0285. The number of nitrogens with zero attached hydrogens (tertiary/aromatic N) is 2. The van der Waals surface area contributed by atoms with Gasteiger partial charge in [-0.2, -0.15) is 0 Å². The van der Waals surface area contributed by atoms with Gasteiger partial charge in [0.05, 0.1) is 13.3 Å². The molecule has 1 aliphatic heterocycles. The second kappa shape index (κ2) is 5.87. The molecule has 1 fully saturated rings. The molecule has 0 aromatic carbocycles. The zero-order valence-corrected chi connectivity index (χ0v) is 14.2. The van der Waals surface area contributed by atoms with Gasteiger partial charge in [0.1, 0.15) is 11.4 Å². The fraction of sp³-hybridized carbons (Fsp3) is 0.556. The summed E-state index contributed by atoms with van der Waals surface area (Å²) in [4.78, 5) is 18.2. The highest BCUT2D eigenvalue weighted by Crippen LogP contribution is 2.41. The van der Waals surface area contributed by atoms with Crippen LogP contribution in [-0.2, 0) is 4.74 Å². The number of fused-ring (bicyclic) bond motifs is 1. The van der Waals surface area contributed by atoms with E-state index in [1.54, 1.807) is 13.3 Å². The van der Waals surface area contributed by atoms with Crippen molar-refractivity contribution in [3.63, 3.8) is 0 Å². The predicted octanol–water partition coefficient (Wildman–Crippen LogP) is 3.36. The van der Waals surface area contributed by atoms with E-state index in [0.29, 0.717) is 11.8 Å². The first kappa shape index (κ1) is 15.8. The molecule has 2 heterocycles. The molecule has 3 rings (SSSR count). The van der Waals surface area contributed by atoms with E-state index in [4.69, 9.17) is 9.47 Å². The standard InChI is InChI=1S/C18H24N2O3/c1-18(2,3)23-17(21)20-10-14-5-12(6-15(14)11-20)13-7-16(22-4)9-19-8-13/h5,7-9,14-15H,6,10-11H2,1-4H3/t14-,15+/m1/s1. The Labute approximate surface area is 137 Å². The van der Waals surface area contributed by atoms with E-state index < -0.39 is 5.60 Å². The van der Waals surface area contributed by atoms with Gasteiger partial charge in [0, 0.05) is 19.3 Å². The number of ether oxygens (including phenoxy) is 2. The van der Waals surface area contributed by atoms with Crippen LogP contribution in [0.2, 0.25) is 0 Å². The number of methoxy groups -OCH3 is 1. The first-order chi connectivity index (χ1) is 10.9. The average Bonchev–Trinajstić information content (AvgIpc) is 3.04. The highest BCUT2D eigenvalue weighted by atomic mass is 16.6. The van der Waals surface area contributed by atoms with Crippen molar-refractivity contribution in [2.75, 3.05) is 20.2 Å². The molecule has 1 saturated heterocycles. The van der Waals surface area contributed by atoms with Gasteiger partial charge >= 0.3 is 6.09 Å². The SMILES string of the molecule is COc1cncc(C2=C[C@@H]3CN(C(=O)OC(C)(C)C)C[C@@H]3C2)c1. The number of hydrogen-bond donors (Lipinski definition) is 0. The quantitative estimate of drug-likeness (QED) is 0.839. The first-order valence-corrected chi connectivity index (χ1v) is 8.04. The Morgan fingerprint density at radius 2 is 2.09 bits per heavy atom. The largest absolute Gasteiger partial charge is 0.495 e. The molecular weight excluding hydrogens is 292 g/mol. The zero-order valence-electron chi connectivity index (χ0n) is 14.2. The minimum Gasteiger partial charge on any atom is -0.495 e. The Morgan fingerprint density at radius 3 is 2.74 bits per heavy atom. The number of amides is 1. The maximum absolute atomic E-state index is 12.2. The third-order valence-electron chi connectivity index (χ3n) is 4.36. The number of aromatic nitrogens is 1. The lowest BCUT2D eigenvalue weighted by Crippen LogP contribution is -2.35. The summed E-state index contributed by atoms with van der Waals surface area (Å²) in [6.45, 7) is 7.19. The van der Waals surface area contributed by atoms with Gasteiger partial charge in [-0.1, -0.05) is 6.08 Å². The monoisotopic (exact) mass is 316 g/mol. The number of rotatable bonds is 2. The lowest BCUT2D eigenvalue weighted by Gasteiger charge is -2.24. The summed E-state index contributed by atoms with van der Waals surface area (Å²) in [5.74, 6) is 1.66. The van der Waals surface area contributed by atoms with E-state index >= 15 is 0 Å². The molecule has 0 radical (unpaired) electrons. The summed E-state index contributed by atoms with van der Waals surface area (Å²) >= 11 is 0. The van der Waals surface area contributed by atoms with Gasteiger partial charge in [-0.15, -0.1) is 0 Å². The van der Waals surface area contributed by atoms with Crippen LogP contribution in [0, 0.1) is 11.8 Å². The van der Waals surface area contributed by atoms with Crippen LogP contribution in [-0.4, -0.2) is 41.8 Å². The molecule has 0 bridgehead atoms. The van der Waals surface area contributed by atoms with E-state index in [1.807, 2.05) is 37.9 Å². The Balaban J connectivity index is 1.67. The fourth-order valence-electron chi connectivity index (χ4n) is 3.31. The van der Waals surface area contributed by atoms with Crippen LogP contribution in [0.25, 0.3) is 5.57 Å². The molecule has 1 aliphatic carbocycles. The third-order valence-corrected chi connectivity index (χ3v) is 4.36. The zero-order chi connectivity index (χ0) is 16.6. The molecule has 0 unspecified atom stereocenters. The van der Waals surface area contributed by atoms with Gasteiger partial charge in [-0.3, -0.25) is 4.98 Å². The van der Waals surface area contributed by atoms with Gasteiger partial charge in [0.15, 0.2) is 0 Å². The molecule has 2 aliphatic rings. The van der Waals surface area contributed by atoms with Crippen molar-refractivity contribution in [2.45, 2.75) is 32.8 Å². The second-order valence-electron chi connectivity index (χ2n) is 7.32. The van der Waals surface area contributed by atoms with Crippen molar-refractivity contribution in [1.82, 2.24) is 9.88 Å². The van der Waals surface area contributed by atoms with Crippen LogP contribution in [0.4, 0.5) is 4.79 Å². The highest BCUT2D eigenvalue weighted by Gasteiger charge is 2.39. The second-order valence-corrected chi connectivity index (χ2v) is 7.32. The van der Waals surface area contributed by atoms with Crippen molar-refractivity contribution >= 4 is 11.7 Å². The van der Waals surface area contributed by atoms with Crippen LogP contribution in [0.1, 0.15) is 32.8 Å². The van der Waals surface area contributed by atoms with Crippen molar-refractivity contribution in [1.29, 1.82) is 0 Å². The molecule has 0 spiro atoms. The van der Waals surface area contributed by atoms with E-state index in [9.17, 15) is 4.79 Å². The topological polar surface area (TPSA) is 51.7 Å². The number of allylic oxidation sites excluding steroid dienone is 1. The Kier molecular flexibility index (Phi) is 4.04. The van der Waals surface area contributed by atoms with Gasteiger partial charge in [-0.05, 0) is 56.2 Å². The van der Waals surface area contributed by atoms with E-state index in [2.05, 4.69) is 11.1 Å². The first-order valence-electron chi connectivity index (χ1n) is 8.04. The maximum atomic E-state index is 12.2. The normalized spacial score (nSPS) is 23.5. The lowest BCUT2D eigenvalue weighted by atomic mass is 9.99. The molecule has 23 heavy (non-hydrogen) atoms. The summed E-state index contributed by atoms with van der Waals surface area (Å²) in [5.41, 5.74) is 1.97. The van der Waals surface area contributed by atoms with Gasteiger partial charge in [0.2, 0.25) is 0 Å². The number of likely N-dealkylation sites (tertiary alicyclic amines) is 1. The predicted molar refractivity (Wildman–Crippen MR) is 88.2 cm³/mol. The van der Waals surface area contributed by atoms with Gasteiger partial charge < -0.3 is 14.4 Å². The van der Waals surface area contributed by atoms with Crippen molar-refractivity contribution in [2.24, 2.45) is 11.8 Å². The van der Waals surface area contributed by atoms with Crippen molar-refractivity contribution in [3.05, 3.63) is 30.1 Å². The average molecular weight is 316 g/mol. The highest BCUT2D eigenvalue weighted by molar-refractivity contribution is 5.71. The van der Waals surface area contributed by atoms with Gasteiger partial charge in [-0.25, -0.2) is 4.79 Å². The Hall–Kier alpha value is -2.04. The summed E-state index contributed by atoms with van der Waals surface area (Å²) in [7, 11) is 1.65. The summed E-state index contributed by atoms with van der Waals surface area (Å²) < 4.78 is 10.7. The molecule has 0 saturated carbocycles. The van der Waals surface area contributed by atoms with E-state index in [1.165, 1.54) is 5.57 Å². The van der Waals surface area contributed by atoms with Crippen molar-refractivity contribution < 1.29 is 14.3 Å². The molecule has 1 amide bonds. The molecular formula is C18H24N2O3. The van der Waals surface area contributed by atoms with Crippen LogP contribution < -0.4 is 4.74 Å². The molecule has 1 aromatic heterocycles. The van der Waals surface area contributed by atoms with Crippen LogP contribution in [0.15, 0.2) is 24.5 Å². The molecule has 124 valence electrons. The van der Waals surface area contributed by atoms with Crippen LogP contribution >= 0.6 is 0 Å². The Morgan fingerprint density at radius 1 is 1.30 bits per heavy atom. The minimum atomic E-state index is -0.442. The number of carbonyl (C=O) groups excluding carboxylic acids is 1. The molecule has 5 heteroatoms. The van der Waals surface area contributed by atoms with Crippen LogP contribution in [0.5, 0.6) is 5.75 Å². The molecule has 1 aromatic rings. The number of pyridine rings is 1. The maximum Gasteiger partial charge on any atom is 0.410 e. The van der Waals surface area contributed by atoms with Gasteiger partial charge in [0.25, 0.3) is 0 Å². The third kappa shape index (κ3) is 3.49. The summed E-state index contributed by atoms with van der Waals surface area (Å²) in [6.07, 6.45) is 6.64. The fourth-order valence-corrected chi connectivity index (χ4v) is 3.31. The molecule has 0 N–H and O–H groups in total. The smallest absolute Gasteiger partial charge is 0.410 e. The minimum absolute atomic E-state index is 0.204. The summed E-state index contributed by atoms with van der Waals surface area (Å²) in [6, 6.07) is 2.02. The number of carbonyl (C=O) groups is 1. The Bertz CT molecular complexity index is 633. The van der Waals surface area contributed by atoms with E-state index in [0.717, 1.165) is 30.8 Å². The molecule has 5 nitrogen and oxygen atoms in total. The van der Waals surface area contributed by atoms with Crippen LogP contribution in [0.3, 0.4) is 0 Å². The van der Waals surface area contributed by atoms with E-state index in [-0.39, 0.29) is 6.09 Å². The summed E-state index contributed by atoms with van der Waals surface area (Å²) in [5, 5.41) is 0. The molecule has 2 atom stereocenters.